The fraction of sp³-hybridized carbons (Fsp3) is 0.429. The number of benzene rings is 2. The Labute approximate surface area is 150 Å². The van der Waals surface area contributed by atoms with Crippen molar-refractivity contribution in [2.45, 2.75) is 12.5 Å². The van der Waals surface area contributed by atoms with Gasteiger partial charge >= 0.3 is 0 Å². The van der Waals surface area contributed by atoms with E-state index in [1.165, 1.54) is 0 Å². The van der Waals surface area contributed by atoms with Gasteiger partial charge in [-0.05, 0) is 24.1 Å². The van der Waals surface area contributed by atoms with E-state index in [2.05, 4.69) is 9.80 Å². The summed E-state index contributed by atoms with van der Waals surface area (Å²) in [5.74, 6) is 0.946. The summed E-state index contributed by atoms with van der Waals surface area (Å²) >= 11 is 0. The fourth-order valence-corrected chi connectivity index (χ4v) is 3.22. The van der Waals surface area contributed by atoms with Crippen LogP contribution in [0.5, 0.6) is 5.75 Å². The molecule has 0 amide bonds. The molecule has 134 valence electrons. The van der Waals surface area contributed by atoms with Gasteiger partial charge in [0.1, 0.15) is 5.75 Å². The lowest BCUT2D eigenvalue weighted by molar-refractivity contribution is 0.0708. The largest absolute Gasteiger partial charge is 0.494 e. The summed E-state index contributed by atoms with van der Waals surface area (Å²) in [5, 5.41) is 10.3. The molecule has 1 heterocycles. The number of para-hydroxylation sites is 1. The molecule has 4 nitrogen and oxygen atoms in total. The van der Waals surface area contributed by atoms with Gasteiger partial charge in [0.25, 0.3) is 0 Å². The SMILES string of the molecule is O[C@@H](CN1CCN(CCCOc2ccccc2)CC1)c1ccccc1. The maximum atomic E-state index is 10.3. The Hall–Kier alpha value is -1.88. The van der Waals surface area contributed by atoms with Crippen molar-refractivity contribution >= 4 is 0 Å². The van der Waals surface area contributed by atoms with E-state index in [-0.39, 0.29) is 0 Å². The van der Waals surface area contributed by atoms with Crippen molar-refractivity contribution in [1.82, 2.24) is 9.80 Å². The number of hydrogen-bond donors (Lipinski definition) is 1. The van der Waals surface area contributed by atoms with Gasteiger partial charge in [0, 0.05) is 39.3 Å². The molecule has 4 heteroatoms. The zero-order valence-corrected chi connectivity index (χ0v) is 14.8. The van der Waals surface area contributed by atoms with Gasteiger partial charge in [-0.25, -0.2) is 0 Å². The van der Waals surface area contributed by atoms with E-state index in [0.29, 0.717) is 0 Å². The maximum Gasteiger partial charge on any atom is 0.119 e. The van der Waals surface area contributed by atoms with Crippen LogP contribution in [-0.2, 0) is 0 Å². The van der Waals surface area contributed by atoms with E-state index in [0.717, 1.165) is 63.6 Å². The highest BCUT2D eigenvalue weighted by atomic mass is 16.5. The molecular weight excluding hydrogens is 312 g/mol. The molecule has 2 aromatic carbocycles. The Kier molecular flexibility index (Phi) is 6.86. The average molecular weight is 340 g/mol. The molecule has 3 rings (SSSR count). The van der Waals surface area contributed by atoms with Crippen molar-refractivity contribution in [2.24, 2.45) is 0 Å². The fourth-order valence-electron chi connectivity index (χ4n) is 3.22. The van der Waals surface area contributed by atoms with Crippen molar-refractivity contribution in [3.8, 4) is 5.75 Å². The predicted molar refractivity (Wildman–Crippen MR) is 101 cm³/mol. The minimum Gasteiger partial charge on any atom is -0.494 e. The summed E-state index contributed by atoms with van der Waals surface area (Å²) in [7, 11) is 0. The molecule has 0 unspecified atom stereocenters. The maximum absolute atomic E-state index is 10.3. The smallest absolute Gasteiger partial charge is 0.119 e. The van der Waals surface area contributed by atoms with Gasteiger partial charge in [0.15, 0.2) is 0 Å². The van der Waals surface area contributed by atoms with Crippen molar-refractivity contribution in [1.29, 1.82) is 0 Å². The molecule has 0 spiro atoms. The zero-order chi connectivity index (χ0) is 17.3. The molecule has 1 saturated heterocycles. The molecule has 0 aliphatic carbocycles. The lowest BCUT2D eigenvalue weighted by atomic mass is 10.1. The minimum absolute atomic E-state index is 0.396. The van der Waals surface area contributed by atoms with Crippen LogP contribution in [0.3, 0.4) is 0 Å². The summed E-state index contributed by atoms with van der Waals surface area (Å²) in [5.41, 5.74) is 1.00. The summed E-state index contributed by atoms with van der Waals surface area (Å²) < 4.78 is 5.75. The molecule has 1 aliphatic heterocycles. The van der Waals surface area contributed by atoms with Gasteiger partial charge in [0.05, 0.1) is 12.7 Å². The number of hydrogen-bond acceptors (Lipinski definition) is 4. The molecule has 0 bridgehead atoms. The topological polar surface area (TPSA) is 35.9 Å². The van der Waals surface area contributed by atoms with Crippen LogP contribution in [0, 0.1) is 0 Å². The number of aliphatic hydroxyl groups is 1. The van der Waals surface area contributed by atoms with Crippen LogP contribution in [0.4, 0.5) is 0 Å². The monoisotopic (exact) mass is 340 g/mol. The first-order chi connectivity index (χ1) is 12.3. The highest BCUT2D eigenvalue weighted by Gasteiger charge is 2.19. The molecule has 1 aliphatic rings. The van der Waals surface area contributed by atoms with Crippen molar-refractivity contribution in [3.05, 3.63) is 66.2 Å². The number of aliphatic hydroxyl groups excluding tert-OH is 1. The van der Waals surface area contributed by atoms with Gasteiger partial charge in [-0.3, -0.25) is 4.90 Å². The molecule has 25 heavy (non-hydrogen) atoms. The predicted octanol–water partition coefficient (Wildman–Crippen LogP) is 2.81. The second-order valence-corrected chi connectivity index (χ2v) is 6.58. The second kappa shape index (κ2) is 9.56. The van der Waals surface area contributed by atoms with Gasteiger partial charge in [0.2, 0.25) is 0 Å². The van der Waals surface area contributed by atoms with E-state index >= 15 is 0 Å². The molecule has 1 atom stereocenters. The molecule has 0 saturated carbocycles. The minimum atomic E-state index is -0.396. The number of rotatable bonds is 8. The van der Waals surface area contributed by atoms with E-state index < -0.39 is 6.10 Å². The summed E-state index contributed by atoms with van der Waals surface area (Å²) in [6.45, 7) is 6.71. The molecule has 0 radical (unpaired) electrons. The number of piperazine rings is 1. The van der Waals surface area contributed by atoms with Crippen molar-refractivity contribution in [2.75, 3.05) is 45.9 Å². The van der Waals surface area contributed by atoms with Gasteiger partial charge in [-0.2, -0.15) is 0 Å². The molecule has 2 aromatic rings. The Morgan fingerprint density at radius 1 is 0.840 bits per heavy atom. The summed E-state index contributed by atoms with van der Waals surface area (Å²) in [6.07, 6.45) is 0.647. The Balaban J connectivity index is 1.31. The van der Waals surface area contributed by atoms with E-state index in [4.69, 9.17) is 4.74 Å². The van der Waals surface area contributed by atoms with E-state index in [9.17, 15) is 5.11 Å². The third kappa shape index (κ3) is 5.85. The lowest BCUT2D eigenvalue weighted by Crippen LogP contribution is -2.47. The van der Waals surface area contributed by atoms with E-state index in [1.807, 2.05) is 60.7 Å². The second-order valence-electron chi connectivity index (χ2n) is 6.58. The zero-order valence-electron chi connectivity index (χ0n) is 14.8. The van der Waals surface area contributed by atoms with Gasteiger partial charge in [-0.1, -0.05) is 48.5 Å². The average Bonchev–Trinajstić information content (AvgIpc) is 2.68. The van der Waals surface area contributed by atoms with Crippen molar-refractivity contribution in [3.63, 3.8) is 0 Å². The number of ether oxygens (including phenoxy) is 1. The summed E-state index contributed by atoms with van der Waals surface area (Å²) in [6, 6.07) is 19.9. The third-order valence-electron chi connectivity index (χ3n) is 4.71. The normalized spacial score (nSPS) is 17.3. The molecule has 1 N–H and O–H groups in total. The van der Waals surface area contributed by atoms with Gasteiger partial charge < -0.3 is 14.7 Å². The van der Waals surface area contributed by atoms with Gasteiger partial charge in [-0.15, -0.1) is 0 Å². The Bertz CT molecular complexity index is 598. The first-order valence-corrected chi connectivity index (χ1v) is 9.17. The summed E-state index contributed by atoms with van der Waals surface area (Å²) in [4.78, 5) is 4.84. The third-order valence-corrected chi connectivity index (χ3v) is 4.71. The number of β-amino-alcohol motifs (C(OH)–C–C–N with tert-alkyl or cyclic N) is 1. The lowest BCUT2D eigenvalue weighted by Gasteiger charge is -2.35. The van der Waals surface area contributed by atoms with Crippen LogP contribution in [0.1, 0.15) is 18.1 Å². The quantitative estimate of drug-likeness (QED) is 0.750. The standard InChI is InChI=1S/C21H28N2O2/c24-21(19-8-3-1-4-9-19)18-23-15-13-22(14-16-23)12-7-17-25-20-10-5-2-6-11-20/h1-6,8-11,21,24H,7,12-18H2/t21-/m0/s1. The van der Waals surface area contributed by atoms with Crippen LogP contribution in [0.25, 0.3) is 0 Å². The Morgan fingerprint density at radius 3 is 2.12 bits per heavy atom. The van der Waals surface area contributed by atoms with Crippen LogP contribution in [0.2, 0.25) is 0 Å². The highest BCUT2D eigenvalue weighted by Crippen LogP contribution is 2.15. The van der Waals surface area contributed by atoms with Crippen LogP contribution >= 0.6 is 0 Å². The molecule has 0 aromatic heterocycles. The highest BCUT2D eigenvalue weighted by molar-refractivity contribution is 5.20. The number of nitrogens with zero attached hydrogens (tertiary/aromatic N) is 2. The van der Waals surface area contributed by atoms with Crippen LogP contribution in [0.15, 0.2) is 60.7 Å². The van der Waals surface area contributed by atoms with E-state index in [1.54, 1.807) is 0 Å². The first-order valence-electron chi connectivity index (χ1n) is 9.17. The molecule has 1 fully saturated rings. The molecular formula is C21H28N2O2. The van der Waals surface area contributed by atoms with Crippen LogP contribution in [-0.4, -0.2) is 60.8 Å². The van der Waals surface area contributed by atoms with Crippen molar-refractivity contribution < 1.29 is 9.84 Å². The Morgan fingerprint density at radius 2 is 1.44 bits per heavy atom. The van der Waals surface area contributed by atoms with Crippen LogP contribution < -0.4 is 4.74 Å². The first kappa shape index (κ1) is 17.9.